The van der Waals surface area contributed by atoms with Crippen LogP contribution in [0.4, 0.5) is 0 Å². The normalized spacial score (nSPS) is 15.2. The van der Waals surface area contributed by atoms with Crippen molar-refractivity contribution in [3.63, 3.8) is 0 Å². The summed E-state index contributed by atoms with van der Waals surface area (Å²) in [6.07, 6.45) is 2.44. The van der Waals surface area contributed by atoms with Crippen molar-refractivity contribution in [3.8, 4) is 0 Å². The molecule has 0 amide bonds. The summed E-state index contributed by atoms with van der Waals surface area (Å²) in [5, 5.41) is 6.50. The second-order valence-corrected chi connectivity index (χ2v) is 6.70. The number of rotatable bonds is 6. The Morgan fingerprint density at radius 2 is 1.94 bits per heavy atom. The van der Waals surface area contributed by atoms with Crippen LogP contribution in [0, 0.1) is 18.8 Å². The average molecular weight is 274 g/mol. The minimum atomic E-state index is 0.398. The van der Waals surface area contributed by atoms with E-state index in [0.29, 0.717) is 6.04 Å². The highest BCUT2D eigenvalue weighted by molar-refractivity contribution is 7.10. The van der Waals surface area contributed by atoms with Crippen LogP contribution in [0.3, 0.4) is 0 Å². The molecule has 0 bridgehead atoms. The number of halogens is 1. The molecule has 98 valence electrons. The summed E-state index contributed by atoms with van der Waals surface area (Å²) in [5.74, 6) is 1.49. The molecule has 0 aromatic carbocycles. The topological polar surface area (TPSA) is 12.0 Å². The molecule has 1 nitrogen and oxygen atoms in total. The second-order valence-electron chi connectivity index (χ2n) is 5.41. The highest BCUT2D eigenvalue weighted by Gasteiger charge is 2.19. The Kier molecular flexibility index (Phi) is 5.98. The van der Waals surface area contributed by atoms with Gasteiger partial charge in [0.25, 0.3) is 0 Å². The molecule has 0 saturated carbocycles. The highest BCUT2D eigenvalue weighted by Crippen LogP contribution is 2.35. The smallest absolute Gasteiger partial charge is 0.0590 e. The lowest BCUT2D eigenvalue weighted by Crippen LogP contribution is -2.19. The number of nitrogens with one attached hydrogen (secondary N) is 1. The van der Waals surface area contributed by atoms with E-state index in [0.717, 1.165) is 23.3 Å². The molecule has 1 aromatic rings. The van der Waals surface area contributed by atoms with E-state index >= 15 is 0 Å². The predicted octanol–water partition coefficient (Wildman–Crippen LogP) is 5.04. The van der Waals surface area contributed by atoms with Crippen molar-refractivity contribution in [1.82, 2.24) is 5.32 Å². The molecule has 1 rings (SSSR count). The minimum absolute atomic E-state index is 0.398. The van der Waals surface area contributed by atoms with E-state index in [-0.39, 0.29) is 0 Å². The van der Waals surface area contributed by atoms with Crippen molar-refractivity contribution in [2.75, 3.05) is 7.05 Å². The van der Waals surface area contributed by atoms with Gasteiger partial charge in [-0.3, -0.25) is 0 Å². The summed E-state index contributed by atoms with van der Waals surface area (Å²) in [5.41, 5.74) is 1.20. The van der Waals surface area contributed by atoms with E-state index < -0.39 is 0 Å². The van der Waals surface area contributed by atoms with Gasteiger partial charge in [0.1, 0.15) is 0 Å². The van der Waals surface area contributed by atoms with E-state index in [1.54, 1.807) is 11.3 Å². The van der Waals surface area contributed by atoms with Crippen LogP contribution in [0.1, 0.15) is 50.1 Å². The Morgan fingerprint density at radius 1 is 1.29 bits per heavy atom. The number of hydrogen-bond donors (Lipinski definition) is 1. The van der Waals surface area contributed by atoms with Gasteiger partial charge in [-0.05, 0) is 49.6 Å². The molecule has 1 N–H and O–H groups in total. The van der Waals surface area contributed by atoms with E-state index in [2.05, 4.69) is 38.4 Å². The molecule has 0 radical (unpaired) electrons. The van der Waals surface area contributed by atoms with Crippen molar-refractivity contribution < 1.29 is 0 Å². The summed E-state index contributed by atoms with van der Waals surface area (Å²) in [4.78, 5) is 1.29. The van der Waals surface area contributed by atoms with Crippen LogP contribution in [-0.4, -0.2) is 7.05 Å². The van der Waals surface area contributed by atoms with Crippen LogP contribution >= 0.6 is 22.9 Å². The standard InChI is InChI=1S/C14H24ClNS/c1-9(2)6-10(3)7-12(16-5)14-13(15)11(4)8-17-14/h8-10,12,16H,6-7H2,1-5H3. The molecule has 0 spiro atoms. The first-order chi connectivity index (χ1) is 7.95. The molecule has 17 heavy (non-hydrogen) atoms. The zero-order chi connectivity index (χ0) is 13.0. The Balaban J connectivity index is 2.69. The zero-order valence-corrected chi connectivity index (χ0v) is 13.1. The highest BCUT2D eigenvalue weighted by atomic mass is 35.5. The van der Waals surface area contributed by atoms with E-state index in [4.69, 9.17) is 11.6 Å². The van der Waals surface area contributed by atoms with E-state index in [9.17, 15) is 0 Å². The van der Waals surface area contributed by atoms with Gasteiger partial charge in [-0.25, -0.2) is 0 Å². The lowest BCUT2D eigenvalue weighted by Gasteiger charge is -2.21. The number of thiophene rings is 1. The zero-order valence-electron chi connectivity index (χ0n) is 11.5. The van der Waals surface area contributed by atoms with E-state index in [1.807, 2.05) is 7.05 Å². The molecular weight excluding hydrogens is 250 g/mol. The summed E-state index contributed by atoms with van der Waals surface area (Å²) in [6.45, 7) is 8.98. The molecule has 0 aliphatic rings. The molecule has 2 unspecified atom stereocenters. The van der Waals surface area contributed by atoms with Gasteiger partial charge in [0, 0.05) is 10.9 Å². The number of hydrogen-bond acceptors (Lipinski definition) is 2. The molecule has 2 atom stereocenters. The summed E-state index contributed by atoms with van der Waals surface area (Å²) in [6, 6.07) is 0.398. The largest absolute Gasteiger partial charge is 0.312 e. The SMILES string of the molecule is CNC(CC(C)CC(C)C)c1scc(C)c1Cl. The Labute approximate surface area is 115 Å². The van der Waals surface area contributed by atoms with Crippen molar-refractivity contribution >= 4 is 22.9 Å². The summed E-state index contributed by atoms with van der Waals surface area (Å²) in [7, 11) is 2.03. The van der Waals surface area contributed by atoms with Crippen LogP contribution in [0.25, 0.3) is 0 Å². The van der Waals surface area contributed by atoms with Gasteiger partial charge in [-0.1, -0.05) is 32.4 Å². The monoisotopic (exact) mass is 273 g/mol. The van der Waals surface area contributed by atoms with Gasteiger partial charge < -0.3 is 5.32 Å². The van der Waals surface area contributed by atoms with Crippen molar-refractivity contribution in [2.24, 2.45) is 11.8 Å². The van der Waals surface area contributed by atoms with Gasteiger partial charge in [0.05, 0.1) is 5.02 Å². The van der Waals surface area contributed by atoms with Gasteiger partial charge >= 0.3 is 0 Å². The quantitative estimate of drug-likeness (QED) is 0.765. The molecule has 1 aromatic heterocycles. The molecule has 0 aliphatic heterocycles. The first-order valence-electron chi connectivity index (χ1n) is 6.36. The first kappa shape index (κ1) is 15.0. The van der Waals surface area contributed by atoms with Crippen LogP contribution in [0.2, 0.25) is 5.02 Å². The van der Waals surface area contributed by atoms with Crippen LogP contribution in [-0.2, 0) is 0 Å². The Hall–Kier alpha value is -0.0500. The molecule has 0 aliphatic carbocycles. The van der Waals surface area contributed by atoms with Gasteiger partial charge in [-0.2, -0.15) is 0 Å². The summed E-state index contributed by atoms with van der Waals surface area (Å²) >= 11 is 8.12. The maximum atomic E-state index is 6.34. The molecule has 0 fully saturated rings. The van der Waals surface area contributed by atoms with E-state index in [1.165, 1.54) is 16.9 Å². The molecule has 0 saturated heterocycles. The summed E-state index contributed by atoms with van der Waals surface area (Å²) < 4.78 is 0. The molecular formula is C14H24ClNS. The predicted molar refractivity (Wildman–Crippen MR) is 79.1 cm³/mol. The molecule has 3 heteroatoms. The van der Waals surface area contributed by atoms with Crippen LogP contribution < -0.4 is 5.32 Å². The van der Waals surface area contributed by atoms with Crippen LogP contribution in [0.15, 0.2) is 5.38 Å². The third kappa shape index (κ3) is 4.27. The van der Waals surface area contributed by atoms with Crippen LogP contribution in [0.5, 0.6) is 0 Å². The lowest BCUT2D eigenvalue weighted by molar-refractivity contribution is 0.369. The van der Waals surface area contributed by atoms with Gasteiger partial charge in [0.2, 0.25) is 0 Å². The third-order valence-corrected chi connectivity index (χ3v) is 4.93. The van der Waals surface area contributed by atoms with Crippen molar-refractivity contribution in [2.45, 2.75) is 46.6 Å². The first-order valence-corrected chi connectivity index (χ1v) is 7.62. The Bertz CT molecular complexity index is 346. The van der Waals surface area contributed by atoms with Gasteiger partial charge in [-0.15, -0.1) is 11.3 Å². The fourth-order valence-electron chi connectivity index (χ4n) is 2.34. The van der Waals surface area contributed by atoms with Crippen molar-refractivity contribution in [1.29, 1.82) is 0 Å². The van der Waals surface area contributed by atoms with Crippen molar-refractivity contribution in [3.05, 3.63) is 20.8 Å². The Morgan fingerprint density at radius 3 is 2.35 bits per heavy atom. The fraction of sp³-hybridized carbons (Fsp3) is 0.714. The number of aryl methyl sites for hydroxylation is 1. The second kappa shape index (κ2) is 6.77. The average Bonchev–Trinajstić information content (AvgIpc) is 2.56. The fourth-order valence-corrected chi connectivity index (χ4v) is 3.79. The molecule has 1 heterocycles. The lowest BCUT2D eigenvalue weighted by atomic mass is 9.92. The maximum Gasteiger partial charge on any atom is 0.0590 e. The minimum Gasteiger partial charge on any atom is -0.312 e. The maximum absolute atomic E-state index is 6.34. The van der Waals surface area contributed by atoms with Gasteiger partial charge in [0.15, 0.2) is 0 Å². The third-order valence-electron chi connectivity index (χ3n) is 3.10.